The number of methoxy groups -OCH3 is 1. The molecule has 1 atom stereocenters. The van der Waals surface area contributed by atoms with Crippen LogP contribution in [-0.4, -0.2) is 25.3 Å². The topological polar surface area (TPSA) is 61.3 Å². The number of rotatable bonds is 3. The summed E-state index contributed by atoms with van der Waals surface area (Å²) >= 11 is 0. The molecule has 1 aliphatic rings. The van der Waals surface area contributed by atoms with Crippen LogP contribution in [0.15, 0.2) is 0 Å². The molecule has 0 heterocycles. The first-order chi connectivity index (χ1) is 6.08. The molecule has 1 rings (SSSR count). The average molecular weight is 186 g/mol. The van der Waals surface area contributed by atoms with Crippen LogP contribution >= 0.6 is 0 Å². The Bertz CT molecular complexity index is 153. The summed E-state index contributed by atoms with van der Waals surface area (Å²) in [5.74, 6) is 0.435. The maximum absolute atomic E-state index is 6.32. The van der Waals surface area contributed by atoms with Gasteiger partial charge in [-0.1, -0.05) is 6.92 Å². The van der Waals surface area contributed by atoms with Crippen LogP contribution in [0.2, 0.25) is 0 Å². The lowest BCUT2D eigenvalue weighted by Crippen LogP contribution is -2.52. The first-order valence-corrected chi connectivity index (χ1v) is 5.12. The molecule has 0 amide bonds. The molecule has 0 radical (unpaired) electrons. The molecule has 0 saturated heterocycles. The highest BCUT2D eigenvalue weighted by Crippen LogP contribution is 2.31. The Morgan fingerprint density at radius 3 is 2.46 bits per heavy atom. The first-order valence-electron chi connectivity index (χ1n) is 5.12. The van der Waals surface area contributed by atoms with Crippen LogP contribution in [0.4, 0.5) is 0 Å². The van der Waals surface area contributed by atoms with Crippen LogP contribution < -0.4 is 11.5 Å². The van der Waals surface area contributed by atoms with Crippen LogP contribution in [0, 0.1) is 5.92 Å². The van der Waals surface area contributed by atoms with E-state index in [0.29, 0.717) is 12.0 Å². The summed E-state index contributed by atoms with van der Waals surface area (Å²) in [6.45, 7) is 2.92. The Kier molecular flexibility index (Phi) is 3.71. The van der Waals surface area contributed by atoms with Crippen molar-refractivity contribution in [2.24, 2.45) is 17.4 Å². The molecule has 3 nitrogen and oxygen atoms in total. The highest BCUT2D eigenvalue weighted by Gasteiger charge is 2.35. The summed E-state index contributed by atoms with van der Waals surface area (Å²) < 4.78 is 5.14. The normalized spacial score (nSPS) is 37.4. The zero-order valence-electron chi connectivity index (χ0n) is 8.75. The fraction of sp³-hybridized carbons (Fsp3) is 1.00. The minimum Gasteiger partial charge on any atom is -0.384 e. The molecular weight excluding hydrogens is 164 g/mol. The Morgan fingerprint density at radius 2 is 2.00 bits per heavy atom. The molecule has 0 aromatic heterocycles. The van der Waals surface area contributed by atoms with Crippen molar-refractivity contribution in [2.45, 2.75) is 44.2 Å². The zero-order valence-corrected chi connectivity index (χ0v) is 8.75. The van der Waals surface area contributed by atoms with Crippen molar-refractivity contribution in [3.05, 3.63) is 0 Å². The van der Waals surface area contributed by atoms with Gasteiger partial charge in [-0.3, -0.25) is 0 Å². The van der Waals surface area contributed by atoms with E-state index in [0.717, 1.165) is 32.3 Å². The maximum atomic E-state index is 6.32. The van der Waals surface area contributed by atoms with E-state index < -0.39 is 0 Å². The van der Waals surface area contributed by atoms with Crippen molar-refractivity contribution < 1.29 is 4.74 Å². The Balaban J connectivity index is 2.46. The predicted octanol–water partition coefficient (Wildman–Crippen LogP) is 0.868. The number of ether oxygens (including phenoxy) is 1. The summed E-state index contributed by atoms with van der Waals surface area (Å²) in [7, 11) is 1.73. The monoisotopic (exact) mass is 186 g/mol. The fourth-order valence-electron chi connectivity index (χ4n) is 2.09. The zero-order chi connectivity index (χ0) is 9.90. The number of nitrogens with two attached hydrogens (primary N) is 2. The van der Waals surface area contributed by atoms with E-state index in [1.165, 1.54) is 0 Å². The molecule has 1 saturated carbocycles. The first kappa shape index (κ1) is 11.0. The Hall–Kier alpha value is -0.120. The molecule has 0 aromatic rings. The third-order valence-electron chi connectivity index (χ3n) is 3.36. The van der Waals surface area contributed by atoms with E-state index in [4.69, 9.17) is 16.2 Å². The van der Waals surface area contributed by atoms with Gasteiger partial charge in [-0.05, 0) is 31.6 Å². The van der Waals surface area contributed by atoms with Gasteiger partial charge >= 0.3 is 0 Å². The average Bonchev–Trinajstić information content (AvgIpc) is 2.11. The quantitative estimate of drug-likeness (QED) is 0.687. The largest absolute Gasteiger partial charge is 0.384 e. The van der Waals surface area contributed by atoms with Crippen molar-refractivity contribution in [3.8, 4) is 0 Å². The second-order valence-electron chi connectivity index (χ2n) is 4.43. The van der Waals surface area contributed by atoms with Gasteiger partial charge < -0.3 is 16.2 Å². The van der Waals surface area contributed by atoms with Crippen molar-refractivity contribution in [2.75, 3.05) is 13.7 Å². The van der Waals surface area contributed by atoms with Gasteiger partial charge in [0.1, 0.15) is 0 Å². The third kappa shape index (κ3) is 2.66. The third-order valence-corrected chi connectivity index (χ3v) is 3.36. The highest BCUT2D eigenvalue weighted by atomic mass is 16.5. The standard InChI is InChI=1S/C10H22N2O/c1-8(7-13-2)10(12)5-3-9(11)4-6-10/h8-9H,3-7,11-12H2,1-2H3/t8-,9?,10?/m0/s1. The van der Waals surface area contributed by atoms with Gasteiger partial charge in [0.15, 0.2) is 0 Å². The molecule has 0 spiro atoms. The second-order valence-corrected chi connectivity index (χ2v) is 4.43. The SMILES string of the molecule is COC[C@H](C)C1(N)CCC(N)CC1. The molecule has 0 aliphatic heterocycles. The van der Waals surface area contributed by atoms with E-state index in [-0.39, 0.29) is 5.54 Å². The molecule has 0 unspecified atom stereocenters. The van der Waals surface area contributed by atoms with Gasteiger partial charge in [0.05, 0.1) is 6.61 Å². The van der Waals surface area contributed by atoms with Crippen molar-refractivity contribution in [3.63, 3.8) is 0 Å². The van der Waals surface area contributed by atoms with Crippen molar-refractivity contribution in [1.29, 1.82) is 0 Å². The van der Waals surface area contributed by atoms with E-state index in [1.807, 2.05) is 0 Å². The van der Waals surface area contributed by atoms with Gasteiger partial charge in [0, 0.05) is 18.7 Å². The van der Waals surface area contributed by atoms with Gasteiger partial charge in [-0.25, -0.2) is 0 Å². The summed E-state index contributed by atoms with van der Waals surface area (Å²) in [6, 6.07) is 0.367. The van der Waals surface area contributed by atoms with Crippen LogP contribution in [0.1, 0.15) is 32.6 Å². The molecule has 78 valence electrons. The van der Waals surface area contributed by atoms with Gasteiger partial charge in [-0.15, -0.1) is 0 Å². The lowest BCUT2D eigenvalue weighted by atomic mass is 9.73. The van der Waals surface area contributed by atoms with Crippen molar-refractivity contribution in [1.82, 2.24) is 0 Å². The van der Waals surface area contributed by atoms with Crippen LogP contribution in [0.25, 0.3) is 0 Å². The predicted molar refractivity (Wildman–Crippen MR) is 54.4 cm³/mol. The Labute approximate surface area is 80.8 Å². The molecule has 0 aromatic carbocycles. The minimum absolute atomic E-state index is 0.0358. The lowest BCUT2D eigenvalue weighted by molar-refractivity contribution is 0.0922. The van der Waals surface area contributed by atoms with Gasteiger partial charge in [0.2, 0.25) is 0 Å². The number of hydrogen-bond donors (Lipinski definition) is 2. The molecule has 4 N–H and O–H groups in total. The highest BCUT2D eigenvalue weighted by molar-refractivity contribution is 4.94. The summed E-state index contributed by atoms with van der Waals surface area (Å²) in [6.07, 6.45) is 4.20. The van der Waals surface area contributed by atoms with E-state index in [9.17, 15) is 0 Å². The Morgan fingerprint density at radius 1 is 1.46 bits per heavy atom. The van der Waals surface area contributed by atoms with E-state index in [2.05, 4.69) is 6.92 Å². The van der Waals surface area contributed by atoms with Crippen LogP contribution in [-0.2, 0) is 4.74 Å². The fourth-order valence-corrected chi connectivity index (χ4v) is 2.09. The maximum Gasteiger partial charge on any atom is 0.0505 e. The molecule has 1 fully saturated rings. The second kappa shape index (κ2) is 4.40. The van der Waals surface area contributed by atoms with Crippen LogP contribution in [0.3, 0.4) is 0 Å². The minimum atomic E-state index is -0.0358. The summed E-state index contributed by atoms with van der Waals surface area (Å²) in [4.78, 5) is 0. The molecule has 13 heavy (non-hydrogen) atoms. The van der Waals surface area contributed by atoms with Crippen LogP contribution in [0.5, 0.6) is 0 Å². The summed E-state index contributed by atoms with van der Waals surface area (Å²) in [5, 5.41) is 0. The van der Waals surface area contributed by atoms with Gasteiger partial charge in [-0.2, -0.15) is 0 Å². The van der Waals surface area contributed by atoms with Crippen molar-refractivity contribution >= 4 is 0 Å². The summed E-state index contributed by atoms with van der Waals surface area (Å²) in [5.41, 5.74) is 12.1. The van der Waals surface area contributed by atoms with E-state index in [1.54, 1.807) is 7.11 Å². The van der Waals surface area contributed by atoms with E-state index >= 15 is 0 Å². The smallest absolute Gasteiger partial charge is 0.0505 e. The number of hydrogen-bond acceptors (Lipinski definition) is 3. The molecular formula is C10H22N2O. The van der Waals surface area contributed by atoms with Gasteiger partial charge in [0.25, 0.3) is 0 Å². The molecule has 0 bridgehead atoms. The molecule has 1 aliphatic carbocycles. The molecule has 3 heteroatoms. The lowest BCUT2D eigenvalue weighted by Gasteiger charge is -2.40.